The molecule has 1 aromatic carbocycles. The molecular formula is C15H15ClN2O3S. The number of amides is 2. The van der Waals surface area contributed by atoms with Crippen molar-refractivity contribution < 1.29 is 14.0 Å². The lowest BCUT2D eigenvalue weighted by atomic mass is 10.2. The molecular weight excluding hydrogens is 324 g/mol. The third kappa shape index (κ3) is 4.05. The van der Waals surface area contributed by atoms with Gasteiger partial charge in [-0.15, -0.1) is 0 Å². The van der Waals surface area contributed by atoms with Crippen LogP contribution in [-0.4, -0.2) is 23.3 Å². The van der Waals surface area contributed by atoms with Gasteiger partial charge in [0.25, 0.3) is 5.91 Å². The zero-order chi connectivity index (χ0) is 16.1. The summed E-state index contributed by atoms with van der Waals surface area (Å²) in [6, 6.07) is 8.03. The fourth-order valence-electron chi connectivity index (χ4n) is 1.66. The lowest BCUT2D eigenvalue weighted by Gasteiger charge is -2.14. The molecule has 7 heteroatoms. The smallest absolute Gasteiger partial charge is 0.291 e. The van der Waals surface area contributed by atoms with Crippen molar-refractivity contribution in [3.63, 3.8) is 0 Å². The standard InChI is InChI=1S/C15H15ClN2O3S/c1-9(22-2)14(19)17-11-6-5-10(16)8-12(11)18-15(20)13-4-3-7-21-13/h3-9H,1-2H3,(H,17,19)(H,18,20)/t9-/m0/s1. The van der Waals surface area contributed by atoms with Gasteiger partial charge in [-0.3, -0.25) is 9.59 Å². The van der Waals surface area contributed by atoms with E-state index in [9.17, 15) is 9.59 Å². The van der Waals surface area contributed by atoms with Crippen molar-refractivity contribution in [1.29, 1.82) is 0 Å². The number of carbonyl (C=O) groups excluding carboxylic acids is 2. The third-order valence-corrected chi connectivity index (χ3v) is 4.11. The first kappa shape index (κ1) is 16.5. The minimum atomic E-state index is -0.416. The summed E-state index contributed by atoms with van der Waals surface area (Å²) in [4.78, 5) is 24.0. The Morgan fingerprint density at radius 2 is 2.00 bits per heavy atom. The van der Waals surface area contributed by atoms with Gasteiger partial charge in [-0.2, -0.15) is 11.8 Å². The zero-order valence-corrected chi connectivity index (χ0v) is 13.6. The van der Waals surface area contributed by atoms with Crippen LogP contribution in [0.3, 0.4) is 0 Å². The summed E-state index contributed by atoms with van der Waals surface area (Å²) in [6.07, 6.45) is 3.27. The maximum absolute atomic E-state index is 12.0. The predicted octanol–water partition coefficient (Wildman–Crippen LogP) is 3.88. The number of halogens is 1. The second-order valence-electron chi connectivity index (χ2n) is 4.49. The molecule has 0 saturated carbocycles. The van der Waals surface area contributed by atoms with E-state index >= 15 is 0 Å². The summed E-state index contributed by atoms with van der Waals surface area (Å²) in [5.41, 5.74) is 0.894. The Bertz CT molecular complexity index is 673. The van der Waals surface area contributed by atoms with Crippen molar-refractivity contribution in [2.24, 2.45) is 0 Å². The number of nitrogens with one attached hydrogen (secondary N) is 2. The van der Waals surface area contributed by atoms with Crippen LogP contribution in [0.5, 0.6) is 0 Å². The van der Waals surface area contributed by atoms with Crippen molar-refractivity contribution in [3.05, 3.63) is 47.4 Å². The molecule has 1 atom stereocenters. The highest BCUT2D eigenvalue weighted by molar-refractivity contribution is 7.99. The van der Waals surface area contributed by atoms with Crippen LogP contribution >= 0.6 is 23.4 Å². The highest BCUT2D eigenvalue weighted by atomic mass is 35.5. The molecule has 22 heavy (non-hydrogen) atoms. The van der Waals surface area contributed by atoms with Crippen LogP contribution in [0, 0.1) is 0 Å². The van der Waals surface area contributed by atoms with Gasteiger partial charge < -0.3 is 15.1 Å². The van der Waals surface area contributed by atoms with Crippen LogP contribution in [-0.2, 0) is 4.79 Å². The third-order valence-electron chi connectivity index (χ3n) is 2.96. The lowest BCUT2D eigenvalue weighted by Crippen LogP contribution is -2.23. The molecule has 0 unspecified atom stereocenters. The molecule has 0 spiro atoms. The Morgan fingerprint density at radius 1 is 1.23 bits per heavy atom. The summed E-state index contributed by atoms with van der Waals surface area (Å²) in [6.45, 7) is 1.80. The van der Waals surface area contributed by atoms with Crippen LogP contribution < -0.4 is 10.6 Å². The highest BCUT2D eigenvalue weighted by Gasteiger charge is 2.16. The zero-order valence-electron chi connectivity index (χ0n) is 12.1. The van der Waals surface area contributed by atoms with Gasteiger partial charge in [0.05, 0.1) is 22.9 Å². The van der Waals surface area contributed by atoms with E-state index in [-0.39, 0.29) is 16.9 Å². The first-order chi connectivity index (χ1) is 10.5. The maximum atomic E-state index is 12.0. The van der Waals surface area contributed by atoms with Gasteiger partial charge in [0.1, 0.15) is 0 Å². The topological polar surface area (TPSA) is 71.3 Å². The first-order valence-electron chi connectivity index (χ1n) is 6.49. The van der Waals surface area contributed by atoms with E-state index in [0.29, 0.717) is 16.4 Å². The van der Waals surface area contributed by atoms with Crippen molar-refractivity contribution >= 4 is 46.6 Å². The van der Waals surface area contributed by atoms with E-state index in [0.717, 1.165) is 0 Å². The molecule has 2 rings (SSSR count). The van der Waals surface area contributed by atoms with E-state index in [2.05, 4.69) is 10.6 Å². The fraction of sp³-hybridized carbons (Fsp3) is 0.200. The fourth-order valence-corrected chi connectivity index (χ4v) is 2.11. The second-order valence-corrected chi connectivity index (χ2v) is 6.10. The maximum Gasteiger partial charge on any atom is 0.291 e. The number of rotatable bonds is 5. The van der Waals surface area contributed by atoms with Gasteiger partial charge in [0.15, 0.2) is 5.76 Å². The Labute approximate surface area is 137 Å². The second kappa shape index (κ2) is 7.38. The highest BCUT2D eigenvalue weighted by Crippen LogP contribution is 2.27. The van der Waals surface area contributed by atoms with Gasteiger partial charge >= 0.3 is 0 Å². The van der Waals surface area contributed by atoms with Crippen molar-refractivity contribution in [1.82, 2.24) is 0 Å². The monoisotopic (exact) mass is 338 g/mol. The number of hydrogen-bond donors (Lipinski definition) is 2. The molecule has 2 N–H and O–H groups in total. The molecule has 0 aliphatic heterocycles. The number of anilines is 2. The Balaban J connectivity index is 2.21. The van der Waals surface area contributed by atoms with Crippen molar-refractivity contribution in [2.75, 3.05) is 16.9 Å². The molecule has 0 aliphatic rings. The molecule has 5 nitrogen and oxygen atoms in total. The van der Waals surface area contributed by atoms with Crippen LogP contribution in [0.1, 0.15) is 17.5 Å². The van der Waals surface area contributed by atoms with Crippen molar-refractivity contribution in [2.45, 2.75) is 12.2 Å². The molecule has 0 fully saturated rings. The molecule has 0 aliphatic carbocycles. The van der Waals surface area contributed by atoms with Gasteiger partial charge in [-0.05, 0) is 43.5 Å². The largest absolute Gasteiger partial charge is 0.459 e. The molecule has 0 radical (unpaired) electrons. The molecule has 0 bridgehead atoms. The van der Waals surface area contributed by atoms with E-state index in [1.54, 1.807) is 37.3 Å². The number of furan rings is 1. The molecule has 1 aromatic heterocycles. The van der Waals surface area contributed by atoms with E-state index in [4.69, 9.17) is 16.0 Å². The summed E-state index contributed by atoms with van der Waals surface area (Å²) >= 11 is 7.39. The van der Waals surface area contributed by atoms with Crippen LogP contribution in [0.4, 0.5) is 11.4 Å². The molecule has 2 aromatic rings. The van der Waals surface area contributed by atoms with E-state index < -0.39 is 5.91 Å². The summed E-state index contributed by atoms with van der Waals surface area (Å²) in [5, 5.41) is 5.70. The van der Waals surface area contributed by atoms with Gasteiger partial charge in [-0.25, -0.2) is 0 Å². The lowest BCUT2D eigenvalue weighted by molar-refractivity contribution is -0.115. The normalized spacial score (nSPS) is 11.8. The Morgan fingerprint density at radius 3 is 2.64 bits per heavy atom. The van der Waals surface area contributed by atoms with Gasteiger partial charge in [0, 0.05) is 5.02 Å². The minimum absolute atomic E-state index is 0.150. The number of thioether (sulfide) groups is 1. The van der Waals surface area contributed by atoms with Gasteiger partial charge in [0.2, 0.25) is 5.91 Å². The van der Waals surface area contributed by atoms with Crippen LogP contribution in [0.2, 0.25) is 5.02 Å². The summed E-state index contributed by atoms with van der Waals surface area (Å²) in [5.74, 6) is -0.390. The van der Waals surface area contributed by atoms with E-state index in [1.165, 1.54) is 18.0 Å². The van der Waals surface area contributed by atoms with Crippen LogP contribution in [0.25, 0.3) is 0 Å². The van der Waals surface area contributed by atoms with E-state index in [1.807, 2.05) is 6.26 Å². The average Bonchev–Trinajstić information content (AvgIpc) is 3.03. The Hall–Kier alpha value is -1.92. The SMILES string of the molecule is CS[C@@H](C)C(=O)Nc1ccc(Cl)cc1NC(=O)c1ccco1. The quantitative estimate of drug-likeness (QED) is 0.868. The van der Waals surface area contributed by atoms with Gasteiger partial charge in [-0.1, -0.05) is 11.6 Å². The molecule has 1 heterocycles. The average molecular weight is 339 g/mol. The van der Waals surface area contributed by atoms with Crippen LogP contribution in [0.15, 0.2) is 41.0 Å². The summed E-state index contributed by atoms with van der Waals surface area (Å²) in [7, 11) is 0. The van der Waals surface area contributed by atoms with Crippen molar-refractivity contribution in [3.8, 4) is 0 Å². The molecule has 0 saturated heterocycles. The minimum Gasteiger partial charge on any atom is -0.459 e. The summed E-state index contributed by atoms with van der Waals surface area (Å²) < 4.78 is 5.04. The molecule has 116 valence electrons. The Kier molecular flexibility index (Phi) is 5.51. The predicted molar refractivity (Wildman–Crippen MR) is 89.7 cm³/mol. The number of carbonyl (C=O) groups is 2. The first-order valence-corrected chi connectivity index (χ1v) is 8.16. The number of hydrogen-bond acceptors (Lipinski definition) is 4. The molecule has 2 amide bonds. The number of benzene rings is 1.